The van der Waals surface area contributed by atoms with Crippen LogP contribution >= 0.6 is 15.9 Å². The number of ether oxygens (including phenoxy) is 1. The molecule has 1 nitrogen and oxygen atoms in total. The highest BCUT2D eigenvalue weighted by Gasteiger charge is 2.01. The van der Waals surface area contributed by atoms with E-state index in [1.807, 2.05) is 42.5 Å². The van der Waals surface area contributed by atoms with Crippen molar-refractivity contribution in [2.75, 3.05) is 0 Å². The monoisotopic (exact) mass is 276 g/mol. The quantitative estimate of drug-likeness (QED) is 0.782. The molecule has 0 heterocycles. The van der Waals surface area contributed by atoms with Gasteiger partial charge in [-0.25, -0.2) is 0 Å². The fourth-order valence-corrected chi connectivity index (χ4v) is 1.79. The van der Waals surface area contributed by atoms with E-state index < -0.39 is 0 Å². The van der Waals surface area contributed by atoms with Crippen LogP contribution in [0.3, 0.4) is 0 Å². The largest absolute Gasteiger partial charge is 0.457 e. The van der Waals surface area contributed by atoms with Crippen LogP contribution in [-0.2, 0) is 6.42 Å². The molecule has 0 aromatic heterocycles. The molecule has 0 aliphatic carbocycles. The molecule has 82 valence electrons. The Morgan fingerprint density at radius 2 is 1.69 bits per heavy atom. The Morgan fingerprint density at radius 1 is 1.00 bits per heavy atom. The number of rotatable bonds is 3. The van der Waals surface area contributed by atoms with Crippen LogP contribution in [0.2, 0.25) is 0 Å². The molecule has 2 aromatic carbocycles. The lowest BCUT2D eigenvalue weighted by Gasteiger charge is -2.09. The van der Waals surface area contributed by atoms with Crippen LogP contribution in [0.25, 0.3) is 0 Å². The van der Waals surface area contributed by atoms with Gasteiger partial charge in [-0.2, -0.15) is 0 Å². The molecule has 16 heavy (non-hydrogen) atoms. The normalized spacial score (nSPS) is 10.1. The Bertz CT molecular complexity index is 462. The van der Waals surface area contributed by atoms with E-state index in [0.717, 1.165) is 22.4 Å². The van der Waals surface area contributed by atoms with Crippen LogP contribution in [0, 0.1) is 0 Å². The molecule has 0 aliphatic heterocycles. The standard InChI is InChI=1S/C14H13BrO/c1-2-11-5-3-4-6-14(11)16-13-9-7-12(15)8-10-13/h3-10H,2H2,1H3. The van der Waals surface area contributed by atoms with E-state index >= 15 is 0 Å². The van der Waals surface area contributed by atoms with E-state index in [1.54, 1.807) is 0 Å². The van der Waals surface area contributed by atoms with Gasteiger partial charge < -0.3 is 4.74 Å². The van der Waals surface area contributed by atoms with Gasteiger partial charge in [-0.15, -0.1) is 0 Å². The van der Waals surface area contributed by atoms with Crippen molar-refractivity contribution >= 4 is 15.9 Å². The number of hydrogen-bond acceptors (Lipinski definition) is 1. The summed E-state index contributed by atoms with van der Waals surface area (Å²) in [5.41, 5.74) is 1.23. The Hall–Kier alpha value is -1.28. The van der Waals surface area contributed by atoms with Crippen LogP contribution < -0.4 is 4.74 Å². The van der Waals surface area contributed by atoms with Gasteiger partial charge in [0.25, 0.3) is 0 Å². The molecular formula is C14H13BrO. The number of aryl methyl sites for hydroxylation is 1. The Morgan fingerprint density at radius 3 is 2.38 bits per heavy atom. The molecular weight excluding hydrogens is 264 g/mol. The van der Waals surface area contributed by atoms with E-state index in [1.165, 1.54) is 5.56 Å². The van der Waals surface area contributed by atoms with Crippen LogP contribution in [0.5, 0.6) is 11.5 Å². The predicted molar refractivity (Wildman–Crippen MR) is 70.0 cm³/mol. The van der Waals surface area contributed by atoms with Gasteiger partial charge in [0.2, 0.25) is 0 Å². The van der Waals surface area contributed by atoms with Crippen molar-refractivity contribution < 1.29 is 4.74 Å². The fourth-order valence-electron chi connectivity index (χ4n) is 1.53. The number of para-hydroxylation sites is 1. The first-order chi connectivity index (χ1) is 7.79. The van der Waals surface area contributed by atoms with E-state index in [9.17, 15) is 0 Å². The maximum Gasteiger partial charge on any atom is 0.130 e. The second kappa shape index (κ2) is 5.17. The van der Waals surface area contributed by atoms with Crippen molar-refractivity contribution in [3.63, 3.8) is 0 Å². The lowest BCUT2D eigenvalue weighted by Crippen LogP contribution is -1.89. The zero-order chi connectivity index (χ0) is 11.4. The van der Waals surface area contributed by atoms with E-state index in [4.69, 9.17) is 4.74 Å². The summed E-state index contributed by atoms with van der Waals surface area (Å²) < 4.78 is 6.89. The smallest absolute Gasteiger partial charge is 0.130 e. The van der Waals surface area contributed by atoms with Gasteiger partial charge >= 0.3 is 0 Å². The molecule has 0 amide bonds. The van der Waals surface area contributed by atoms with Crippen LogP contribution in [-0.4, -0.2) is 0 Å². The molecule has 0 aliphatic rings. The fraction of sp³-hybridized carbons (Fsp3) is 0.143. The van der Waals surface area contributed by atoms with Gasteiger partial charge in [-0.05, 0) is 42.3 Å². The number of halogens is 1. The molecule has 2 rings (SSSR count). The summed E-state index contributed by atoms with van der Waals surface area (Å²) in [5.74, 6) is 1.80. The van der Waals surface area contributed by atoms with Gasteiger partial charge in [0.05, 0.1) is 0 Å². The first-order valence-electron chi connectivity index (χ1n) is 5.31. The Balaban J connectivity index is 2.23. The molecule has 0 fully saturated rings. The minimum atomic E-state index is 0.865. The van der Waals surface area contributed by atoms with Crippen molar-refractivity contribution in [1.29, 1.82) is 0 Å². The zero-order valence-electron chi connectivity index (χ0n) is 9.11. The predicted octanol–water partition coefficient (Wildman–Crippen LogP) is 4.80. The molecule has 0 saturated carbocycles. The van der Waals surface area contributed by atoms with Crippen molar-refractivity contribution in [3.8, 4) is 11.5 Å². The highest BCUT2D eigenvalue weighted by atomic mass is 79.9. The minimum absolute atomic E-state index is 0.865. The highest BCUT2D eigenvalue weighted by Crippen LogP contribution is 2.26. The summed E-state index contributed by atoms with van der Waals surface area (Å²) in [5, 5.41) is 0. The Labute approximate surface area is 104 Å². The van der Waals surface area contributed by atoms with E-state index in [-0.39, 0.29) is 0 Å². The van der Waals surface area contributed by atoms with Gasteiger partial charge in [0.15, 0.2) is 0 Å². The lowest BCUT2D eigenvalue weighted by atomic mass is 10.1. The third-order valence-corrected chi connectivity index (χ3v) is 2.92. The number of hydrogen-bond donors (Lipinski definition) is 0. The second-order valence-corrected chi connectivity index (χ2v) is 4.43. The molecule has 0 bridgehead atoms. The lowest BCUT2D eigenvalue weighted by molar-refractivity contribution is 0.477. The first kappa shape index (κ1) is 11.2. The van der Waals surface area contributed by atoms with Crippen LogP contribution in [0.15, 0.2) is 53.0 Å². The van der Waals surface area contributed by atoms with Crippen molar-refractivity contribution in [1.82, 2.24) is 0 Å². The molecule has 0 radical (unpaired) electrons. The summed E-state index contributed by atoms with van der Waals surface area (Å²) in [6, 6.07) is 16.0. The van der Waals surface area contributed by atoms with Gasteiger partial charge in [0.1, 0.15) is 11.5 Å². The topological polar surface area (TPSA) is 9.23 Å². The molecule has 0 saturated heterocycles. The maximum absolute atomic E-state index is 5.83. The summed E-state index contributed by atoms with van der Waals surface area (Å²) in [6.07, 6.45) is 0.979. The maximum atomic E-state index is 5.83. The molecule has 0 N–H and O–H groups in total. The zero-order valence-corrected chi connectivity index (χ0v) is 10.7. The van der Waals surface area contributed by atoms with Crippen LogP contribution in [0.4, 0.5) is 0 Å². The minimum Gasteiger partial charge on any atom is -0.457 e. The molecule has 2 heteroatoms. The summed E-state index contributed by atoms with van der Waals surface area (Å²) in [4.78, 5) is 0. The van der Waals surface area contributed by atoms with Crippen LogP contribution in [0.1, 0.15) is 12.5 Å². The van der Waals surface area contributed by atoms with E-state index in [2.05, 4.69) is 28.9 Å². The third-order valence-electron chi connectivity index (χ3n) is 2.39. The van der Waals surface area contributed by atoms with Gasteiger partial charge in [-0.1, -0.05) is 41.1 Å². The second-order valence-electron chi connectivity index (χ2n) is 3.52. The average Bonchev–Trinajstić information content (AvgIpc) is 2.33. The van der Waals surface area contributed by atoms with Crippen molar-refractivity contribution in [2.45, 2.75) is 13.3 Å². The average molecular weight is 277 g/mol. The van der Waals surface area contributed by atoms with Gasteiger partial charge in [0, 0.05) is 4.47 Å². The number of benzene rings is 2. The molecule has 0 atom stereocenters. The molecule has 0 spiro atoms. The van der Waals surface area contributed by atoms with Crippen molar-refractivity contribution in [3.05, 3.63) is 58.6 Å². The summed E-state index contributed by atoms with van der Waals surface area (Å²) >= 11 is 3.40. The van der Waals surface area contributed by atoms with E-state index in [0.29, 0.717) is 0 Å². The SMILES string of the molecule is CCc1ccccc1Oc1ccc(Br)cc1. The Kier molecular flexibility index (Phi) is 3.62. The highest BCUT2D eigenvalue weighted by molar-refractivity contribution is 9.10. The summed E-state index contributed by atoms with van der Waals surface area (Å²) in [7, 11) is 0. The third kappa shape index (κ3) is 2.64. The van der Waals surface area contributed by atoms with Crippen molar-refractivity contribution in [2.24, 2.45) is 0 Å². The summed E-state index contributed by atoms with van der Waals surface area (Å²) in [6.45, 7) is 2.13. The molecule has 2 aromatic rings. The first-order valence-corrected chi connectivity index (χ1v) is 6.10. The molecule has 0 unspecified atom stereocenters. The van der Waals surface area contributed by atoms with Gasteiger partial charge in [-0.3, -0.25) is 0 Å².